The summed E-state index contributed by atoms with van der Waals surface area (Å²) in [5, 5.41) is 0. The summed E-state index contributed by atoms with van der Waals surface area (Å²) in [6, 6.07) is 0.419. The van der Waals surface area contributed by atoms with E-state index in [1.54, 1.807) is 0 Å². The van der Waals surface area contributed by atoms with E-state index in [0.717, 1.165) is 44.6 Å². The molecule has 1 amide bonds. The van der Waals surface area contributed by atoms with E-state index in [2.05, 4.69) is 4.90 Å². The van der Waals surface area contributed by atoms with E-state index in [-0.39, 0.29) is 12.0 Å². The maximum Gasteiger partial charge on any atom is 0.222 e. The molecule has 0 aromatic rings. The van der Waals surface area contributed by atoms with Crippen LogP contribution in [0.1, 0.15) is 32.1 Å². The van der Waals surface area contributed by atoms with Gasteiger partial charge < -0.3 is 9.64 Å². The molecule has 0 aromatic heterocycles. The van der Waals surface area contributed by atoms with Crippen LogP contribution in [0.2, 0.25) is 0 Å². The van der Waals surface area contributed by atoms with Crippen LogP contribution >= 0.6 is 23.4 Å². The van der Waals surface area contributed by atoms with Crippen LogP contribution in [0.25, 0.3) is 0 Å². The first kappa shape index (κ1) is 14.5. The van der Waals surface area contributed by atoms with Crippen LogP contribution in [0.15, 0.2) is 0 Å². The van der Waals surface area contributed by atoms with E-state index in [4.69, 9.17) is 16.3 Å². The molecule has 2 saturated heterocycles. The van der Waals surface area contributed by atoms with Crippen LogP contribution in [0.5, 0.6) is 0 Å². The van der Waals surface area contributed by atoms with E-state index in [9.17, 15) is 4.79 Å². The molecule has 18 heavy (non-hydrogen) atoms. The molecule has 2 aliphatic rings. The molecule has 2 atom stereocenters. The van der Waals surface area contributed by atoms with Crippen LogP contribution in [-0.2, 0) is 9.53 Å². The quantitative estimate of drug-likeness (QED) is 0.704. The van der Waals surface area contributed by atoms with E-state index in [1.165, 1.54) is 5.75 Å². The predicted molar refractivity (Wildman–Crippen MR) is 76.4 cm³/mol. The van der Waals surface area contributed by atoms with Gasteiger partial charge in [0.05, 0.1) is 6.10 Å². The van der Waals surface area contributed by atoms with Crippen molar-refractivity contribution in [1.29, 1.82) is 0 Å². The molecule has 104 valence electrons. The van der Waals surface area contributed by atoms with Crippen molar-refractivity contribution in [1.82, 2.24) is 4.90 Å². The Morgan fingerprint density at radius 1 is 1.44 bits per heavy atom. The summed E-state index contributed by atoms with van der Waals surface area (Å²) < 4.78 is 5.67. The average Bonchev–Trinajstić information content (AvgIpc) is 3.05. The van der Waals surface area contributed by atoms with Crippen molar-refractivity contribution in [3.8, 4) is 0 Å². The average molecular weight is 292 g/mol. The SMILES string of the molecule is O=C(CCCCl)N(CC1CCCO1)C1CCSC1. The Morgan fingerprint density at radius 3 is 2.94 bits per heavy atom. The second kappa shape index (κ2) is 7.61. The van der Waals surface area contributed by atoms with Crippen molar-refractivity contribution in [2.45, 2.75) is 44.2 Å². The Hall–Kier alpha value is 0.0700. The lowest BCUT2D eigenvalue weighted by Gasteiger charge is -2.30. The smallest absolute Gasteiger partial charge is 0.222 e. The van der Waals surface area contributed by atoms with Gasteiger partial charge in [0.1, 0.15) is 0 Å². The predicted octanol–water partition coefficient (Wildman–Crippen LogP) is 2.52. The highest BCUT2D eigenvalue weighted by Gasteiger charge is 2.30. The van der Waals surface area contributed by atoms with Crippen LogP contribution in [0.4, 0.5) is 0 Å². The summed E-state index contributed by atoms with van der Waals surface area (Å²) in [5.41, 5.74) is 0. The zero-order chi connectivity index (χ0) is 12.8. The fourth-order valence-electron chi connectivity index (χ4n) is 2.59. The van der Waals surface area contributed by atoms with Crippen LogP contribution in [0.3, 0.4) is 0 Å². The summed E-state index contributed by atoms with van der Waals surface area (Å²) in [4.78, 5) is 14.4. The molecule has 3 nitrogen and oxygen atoms in total. The monoisotopic (exact) mass is 291 g/mol. The molecule has 2 heterocycles. The Labute approximate surface area is 119 Å². The molecular formula is C13H22ClNO2S. The van der Waals surface area contributed by atoms with E-state index >= 15 is 0 Å². The van der Waals surface area contributed by atoms with Gasteiger partial charge in [-0.2, -0.15) is 11.8 Å². The number of nitrogens with zero attached hydrogens (tertiary/aromatic N) is 1. The topological polar surface area (TPSA) is 29.5 Å². The van der Waals surface area contributed by atoms with Gasteiger partial charge in [0.25, 0.3) is 0 Å². The molecule has 0 aliphatic carbocycles. The lowest BCUT2D eigenvalue weighted by atomic mass is 10.1. The number of amides is 1. The number of carbonyl (C=O) groups excluding carboxylic acids is 1. The molecule has 0 saturated carbocycles. The van der Waals surface area contributed by atoms with Gasteiger partial charge in [0.15, 0.2) is 0 Å². The first-order chi connectivity index (χ1) is 8.81. The Balaban J connectivity index is 1.90. The van der Waals surface area contributed by atoms with Crippen molar-refractivity contribution in [3.05, 3.63) is 0 Å². The number of carbonyl (C=O) groups is 1. The number of hydrogen-bond donors (Lipinski definition) is 0. The summed E-state index contributed by atoms with van der Waals surface area (Å²) >= 11 is 7.63. The van der Waals surface area contributed by atoms with E-state index < -0.39 is 0 Å². The highest BCUT2D eigenvalue weighted by molar-refractivity contribution is 7.99. The second-order valence-electron chi connectivity index (χ2n) is 4.99. The van der Waals surface area contributed by atoms with Gasteiger partial charge in [-0.05, 0) is 31.4 Å². The number of rotatable bonds is 6. The molecule has 2 rings (SSSR count). The van der Waals surface area contributed by atoms with Gasteiger partial charge in [0.2, 0.25) is 5.91 Å². The van der Waals surface area contributed by atoms with Crippen molar-refractivity contribution < 1.29 is 9.53 Å². The minimum absolute atomic E-state index is 0.260. The minimum atomic E-state index is 0.260. The Bertz CT molecular complexity index is 266. The number of thioether (sulfide) groups is 1. The Kier molecular flexibility index (Phi) is 6.12. The molecule has 2 aliphatic heterocycles. The third-order valence-corrected chi connectivity index (χ3v) is 5.03. The molecule has 2 unspecified atom stereocenters. The Morgan fingerprint density at radius 2 is 2.33 bits per heavy atom. The van der Waals surface area contributed by atoms with Crippen LogP contribution in [0, 0.1) is 0 Å². The van der Waals surface area contributed by atoms with Crippen molar-refractivity contribution >= 4 is 29.3 Å². The maximum absolute atomic E-state index is 12.3. The third-order valence-electron chi connectivity index (χ3n) is 3.62. The molecule has 0 radical (unpaired) electrons. The summed E-state index contributed by atoms with van der Waals surface area (Å²) in [5.74, 6) is 3.09. The number of halogens is 1. The summed E-state index contributed by atoms with van der Waals surface area (Å²) in [6.45, 7) is 1.64. The third kappa shape index (κ3) is 4.04. The highest BCUT2D eigenvalue weighted by Crippen LogP contribution is 2.25. The zero-order valence-corrected chi connectivity index (χ0v) is 12.3. The first-order valence-electron chi connectivity index (χ1n) is 6.86. The lowest BCUT2D eigenvalue weighted by Crippen LogP contribution is -2.44. The first-order valence-corrected chi connectivity index (χ1v) is 8.55. The van der Waals surface area contributed by atoms with Gasteiger partial charge in [0, 0.05) is 37.2 Å². The minimum Gasteiger partial charge on any atom is -0.376 e. The molecule has 2 fully saturated rings. The van der Waals surface area contributed by atoms with Crippen LogP contribution < -0.4 is 0 Å². The van der Waals surface area contributed by atoms with E-state index in [0.29, 0.717) is 18.3 Å². The number of alkyl halides is 1. The molecular weight excluding hydrogens is 270 g/mol. The van der Waals surface area contributed by atoms with E-state index in [1.807, 2.05) is 11.8 Å². The van der Waals surface area contributed by atoms with Gasteiger partial charge in [-0.1, -0.05) is 0 Å². The van der Waals surface area contributed by atoms with Gasteiger partial charge in [-0.25, -0.2) is 0 Å². The van der Waals surface area contributed by atoms with Gasteiger partial charge in [-0.15, -0.1) is 11.6 Å². The molecule has 0 spiro atoms. The molecule has 5 heteroatoms. The number of ether oxygens (including phenoxy) is 1. The number of hydrogen-bond acceptors (Lipinski definition) is 3. The standard InChI is InChI=1S/C13H22ClNO2S/c14-6-1-4-13(16)15(11-5-8-18-10-11)9-12-3-2-7-17-12/h11-12H,1-10H2. The van der Waals surface area contributed by atoms with Gasteiger partial charge in [-0.3, -0.25) is 4.79 Å². The summed E-state index contributed by atoms with van der Waals surface area (Å²) in [6.07, 6.45) is 4.98. The maximum atomic E-state index is 12.3. The second-order valence-corrected chi connectivity index (χ2v) is 6.52. The largest absolute Gasteiger partial charge is 0.376 e. The highest BCUT2D eigenvalue weighted by atomic mass is 35.5. The molecule has 0 aromatic carbocycles. The normalized spacial score (nSPS) is 27.6. The van der Waals surface area contributed by atoms with Gasteiger partial charge >= 0.3 is 0 Å². The van der Waals surface area contributed by atoms with Crippen molar-refractivity contribution in [2.24, 2.45) is 0 Å². The summed E-state index contributed by atoms with van der Waals surface area (Å²) in [7, 11) is 0. The van der Waals surface area contributed by atoms with Crippen molar-refractivity contribution in [3.63, 3.8) is 0 Å². The molecule has 0 bridgehead atoms. The van der Waals surface area contributed by atoms with Crippen molar-refractivity contribution in [2.75, 3.05) is 30.5 Å². The van der Waals surface area contributed by atoms with Crippen LogP contribution in [-0.4, -0.2) is 53.5 Å². The molecule has 0 N–H and O–H groups in total. The fourth-order valence-corrected chi connectivity index (χ4v) is 3.95. The fraction of sp³-hybridized carbons (Fsp3) is 0.923. The lowest BCUT2D eigenvalue weighted by molar-refractivity contribution is -0.134. The zero-order valence-electron chi connectivity index (χ0n) is 10.8.